The zero-order valence-corrected chi connectivity index (χ0v) is 46.5. The predicted molar refractivity (Wildman–Crippen MR) is 286 cm³/mol. The Hall–Kier alpha value is -5.67. The lowest BCUT2D eigenvalue weighted by Crippen LogP contribution is -2.43. The van der Waals surface area contributed by atoms with Crippen molar-refractivity contribution in [2.24, 2.45) is 0 Å². The highest BCUT2D eigenvalue weighted by Crippen LogP contribution is 2.60. The number of hydrogen-bond donors (Lipinski definition) is 1. The molecule has 20 heteroatoms. The number of hydrogen-bond acceptors (Lipinski definition) is 16. The number of rotatable bonds is 23. The summed E-state index contributed by atoms with van der Waals surface area (Å²) in [6.45, 7) is 18.5. The van der Waals surface area contributed by atoms with Crippen molar-refractivity contribution in [1.82, 2.24) is 24.2 Å². The minimum atomic E-state index is -4.62. The molecule has 3 heterocycles. The summed E-state index contributed by atoms with van der Waals surface area (Å²) in [5.41, 5.74) is -0.209. The Balaban J connectivity index is 1.45. The van der Waals surface area contributed by atoms with Crippen LogP contribution in [-0.4, -0.2) is 99.1 Å². The highest BCUT2D eigenvalue weighted by Gasteiger charge is 2.55. The average molecular weight is 1070 g/mol. The van der Waals surface area contributed by atoms with Gasteiger partial charge in [-0.15, -0.1) is 0 Å². The minimum absolute atomic E-state index is 0.0488. The Morgan fingerprint density at radius 1 is 0.787 bits per heavy atom. The summed E-state index contributed by atoms with van der Waals surface area (Å²) in [6, 6.07) is 35.8. The molecule has 4 aromatic carbocycles. The molecule has 1 saturated heterocycles. The zero-order chi connectivity index (χ0) is 54.1. The first-order chi connectivity index (χ1) is 35.7. The van der Waals surface area contributed by atoms with Crippen LogP contribution in [-0.2, 0) is 42.3 Å². The zero-order valence-electron chi connectivity index (χ0n) is 44.7. The first-order valence-electron chi connectivity index (χ1n) is 24.8. The second-order valence-corrected chi connectivity index (χ2v) is 23.2. The maximum absolute atomic E-state index is 15.6. The van der Waals surface area contributed by atoms with E-state index in [1.54, 1.807) is 84.6 Å². The highest BCUT2D eigenvalue weighted by molar-refractivity contribution is 7.48. The number of anilines is 1. The highest BCUT2D eigenvalue weighted by atomic mass is 31.2. The van der Waals surface area contributed by atoms with Crippen molar-refractivity contribution in [2.75, 3.05) is 32.8 Å². The number of ether oxygens (including phenoxy) is 4. The van der Waals surface area contributed by atoms with E-state index in [4.69, 9.17) is 46.6 Å². The van der Waals surface area contributed by atoms with E-state index >= 15 is 4.57 Å². The SMILES string of the molecule is COc1ccc(C(OC[C@H]2O[C@@H](n3cnc4c(NC(=O)c5ccccc5)ncnc43)[C@H](OP(=O)(OC(C)(C)C)OC(C)(C)C)[C@@H]2OP(OCCC#N)N(C(C)C)C(C)C)(c2ccccc2)c2ccc(OC)cc2)cc1. The molecule has 7 rings (SSSR count). The minimum Gasteiger partial charge on any atom is -0.497 e. The van der Waals surface area contributed by atoms with Crippen LogP contribution >= 0.6 is 16.3 Å². The van der Waals surface area contributed by atoms with Crippen molar-refractivity contribution in [3.8, 4) is 17.6 Å². The molecule has 0 saturated carbocycles. The van der Waals surface area contributed by atoms with E-state index in [1.165, 1.54) is 12.7 Å². The van der Waals surface area contributed by atoms with Crippen LogP contribution in [0.15, 0.2) is 122 Å². The smallest absolute Gasteiger partial charge is 0.476 e. The van der Waals surface area contributed by atoms with Crippen LogP contribution < -0.4 is 14.8 Å². The molecule has 1 unspecified atom stereocenters. The molecule has 1 aliphatic rings. The molecule has 1 aliphatic heterocycles. The average Bonchev–Trinajstić information content (AvgIpc) is 3.94. The monoisotopic (exact) mass is 1070 g/mol. The quantitative estimate of drug-likeness (QED) is 0.0360. The van der Waals surface area contributed by atoms with Gasteiger partial charge >= 0.3 is 7.82 Å². The number of nitrogens with one attached hydrogen (secondary N) is 1. The maximum Gasteiger partial charge on any atom is 0.476 e. The van der Waals surface area contributed by atoms with Gasteiger partial charge in [-0.3, -0.25) is 22.9 Å². The summed E-state index contributed by atoms with van der Waals surface area (Å²) in [5, 5.41) is 12.6. The number of amides is 1. The van der Waals surface area contributed by atoms with Gasteiger partial charge in [0.05, 0.1) is 57.5 Å². The Morgan fingerprint density at radius 2 is 1.33 bits per heavy atom. The molecule has 0 bridgehead atoms. The molecule has 1 amide bonds. The fourth-order valence-corrected chi connectivity index (χ4v) is 12.5. The van der Waals surface area contributed by atoms with Gasteiger partial charge in [0, 0.05) is 17.6 Å². The summed E-state index contributed by atoms with van der Waals surface area (Å²) in [5.74, 6) is 1.02. The summed E-state index contributed by atoms with van der Waals surface area (Å²) in [6.07, 6.45) is -1.99. The standard InChI is InChI=1S/C55H69N7O11P2/c1-37(2)62(38(3)4)74(68-33-19-32-56)70-47-45(34-67-55(40-22-17-14-18-23-40,41-24-28-43(65-11)29-25-41)42-26-30-44(66-12)31-27-42)69-52(48(47)71-75(64,72-53(5,6)7)73-54(8,9)10)61-36-59-46-49(57-35-58-50(46)61)60-51(63)39-20-15-13-16-21-39/h13-18,20-31,35-38,45,47-48,52H,19,33-34H2,1-12H3,(H,57,58,60,63)/t45-,47-,48-,52-,74?/m1/s1. The van der Waals surface area contributed by atoms with Crippen molar-refractivity contribution < 1.29 is 50.9 Å². The largest absolute Gasteiger partial charge is 0.497 e. The van der Waals surface area contributed by atoms with Crippen LogP contribution in [0.2, 0.25) is 0 Å². The lowest BCUT2D eigenvalue weighted by atomic mass is 9.80. The van der Waals surface area contributed by atoms with Crippen LogP contribution in [0.5, 0.6) is 11.5 Å². The van der Waals surface area contributed by atoms with Crippen LogP contribution in [0.4, 0.5) is 5.82 Å². The first kappa shape index (κ1) is 57.0. The van der Waals surface area contributed by atoms with Gasteiger partial charge in [-0.2, -0.15) is 5.26 Å². The molecule has 5 atom stereocenters. The van der Waals surface area contributed by atoms with Gasteiger partial charge in [-0.05, 0) is 122 Å². The number of nitriles is 1. The lowest BCUT2D eigenvalue weighted by Gasteiger charge is -2.40. The molecule has 0 radical (unpaired) electrons. The van der Waals surface area contributed by atoms with E-state index in [1.807, 2.05) is 113 Å². The van der Waals surface area contributed by atoms with Gasteiger partial charge in [0.15, 0.2) is 23.2 Å². The summed E-state index contributed by atoms with van der Waals surface area (Å²) in [4.78, 5) is 27.3. The van der Waals surface area contributed by atoms with E-state index in [2.05, 4.69) is 26.0 Å². The van der Waals surface area contributed by atoms with E-state index in [9.17, 15) is 10.1 Å². The second-order valence-electron chi connectivity index (χ2n) is 20.3. The number of fused-ring (bicyclic) bond motifs is 1. The Kier molecular flexibility index (Phi) is 18.7. The summed E-state index contributed by atoms with van der Waals surface area (Å²) >= 11 is 0. The van der Waals surface area contributed by atoms with E-state index in [0.717, 1.165) is 16.7 Å². The van der Waals surface area contributed by atoms with Gasteiger partial charge in [0.2, 0.25) is 0 Å². The Morgan fingerprint density at radius 3 is 1.85 bits per heavy atom. The van der Waals surface area contributed by atoms with Gasteiger partial charge in [-0.1, -0.05) is 72.8 Å². The molecule has 18 nitrogen and oxygen atoms in total. The number of imidazole rings is 1. The first-order valence-corrected chi connectivity index (χ1v) is 27.4. The van der Waals surface area contributed by atoms with Crippen molar-refractivity contribution >= 4 is 39.2 Å². The van der Waals surface area contributed by atoms with Crippen molar-refractivity contribution in [3.63, 3.8) is 0 Å². The molecule has 6 aromatic rings. The molecule has 1 fully saturated rings. The predicted octanol–water partition coefficient (Wildman–Crippen LogP) is 11.8. The maximum atomic E-state index is 15.6. The second kappa shape index (κ2) is 24.5. The van der Waals surface area contributed by atoms with Crippen LogP contribution in [0.3, 0.4) is 0 Å². The molecular formula is C55H69N7O11P2. The van der Waals surface area contributed by atoms with E-state index in [-0.39, 0.29) is 48.7 Å². The molecule has 1 N–H and O–H groups in total. The van der Waals surface area contributed by atoms with Crippen molar-refractivity contribution in [2.45, 2.75) is 129 Å². The molecule has 0 aliphatic carbocycles. The fourth-order valence-electron chi connectivity index (χ4n) is 8.77. The van der Waals surface area contributed by atoms with Crippen LogP contribution in [0.25, 0.3) is 11.2 Å². The van der Waals surface area contributed by atoms with Gasteiger partial charge in [-0.25, -0.2) is 24.2 Å². The van der Waals surface area contributed by atoms with E-state index in [0.29, 0.717) is 17.1 Å². The van der Waals surface area contributed by atoms with Crippen LogP contribution in [0, 0.1) is 11.3 Å². The van der Waals surface area contributed by atoms with Gasteiger partial charge in [0.1, 0.15) is 41.7 Å². The van der Waals surface area contributed by atoms with Crippen LogP contribution in [0.1, 0.15) is 109 Å². The van der Waals surface area contributed by atoms with Crippen molar-refractivity contribution in [3.05, 3.63) is 144 Å². The normalized spacial score (nSPS) is 17.9. The molecule has 2 aromatic heterocycles. The number of carbonyl (C=O) groups is 1. The third kappa shape index (κ3) is 13.8. The Labute approximate surface area is 441 Å². The van der Waals surface area contributed by atoms with Gasteiger partial charge < -0.3 is 33.3 Å². The number of methoxy groups -OCH3 is 2. The number of phosphoric acid groups is 1. The number of aromatic nitrogens is 4. The number of benzene rings is 4. The topological polar surface area (TPSA) is 200 Å². The Bertz CT molecular complexity index is 2820. The summed E-state index contributed by atoms with van der Waals surface area (Å²) < 4.78 is 78.7. The molecule has 0 spiro atoms. The third-order valence-corrected chi connectivity index (χ3v) is 15.9. The van der Waals surface area contributed by atoms with Gasteiger partial charge in [0.25, 0.3) is 14.4 Å². The number of phosphoric ester groups is 1. The molecule has 75 heavy (non-hydrogen) atoms. The molecule has 400 valence electrons. The summed E-state index contributed by atoms with van der Waals surface area (Å²) in [7, 11) is -3.43. The number of carbonyl (C=O) groups excluding carboxylic acids is 1. The lowest BCUT2D eigenvalue weighted by molar-refractivity contribution is -0.0936. The molecular weight excluding hydrogens is 997 g/mol. The third-order valence-electron chi connectivity index (χ3n) is 11.7. The number of nitrogens with zero attached hydrogens (tertiary/aromatic N) is 6. The van der Waals surface area contributed by atoms with Crippen molar-refractivity contribution in [1.29, 1.82) is 5.26 Å². The van der Waals surface area contributed by atoms with E-state index < -0.39 is 63.6 Å². The fraction of sp³-hybridized carbons (Fsp3) is 0.436.